The molecule has 1 aromatic heterocycles. The van der Waals surface area contributed by atoms with Crippen LogP contribution in [0.25, 0.3) is 22.0 Å². The van der Waals surface area contributed by atoms with E-state index in [0.717, 1.165) is 4.90 Å². The number of hydrogen-bond donors (Lipinski definition) is 2. The van der Waals surface area contributed by atoms with Crippen molar-refractivity contribution < 1.29 is 28.0 Å². The summed E-state index contributed by atoms with van der Waals surface area (Å²) in [6, 6.07) is 14.2. The molecule has 3 N–H and O–H groups in total. The maximum Gasteiger partial charge on any atom is 0.269 e. The topological polar surface area (TPSA) is 127 Å². The van der Waals surface area contributed by atoms with Crippen LogP contribution in [0.5, 0.6) is 0 Å². The van der Waals surface area contributed by atoms with E-state index in [2.05, 4.69) is 10.4 Å². The summed E-state index contributed by atoms with van der Waals surface area (Å²) in [4.78, 5) is 51.3. The zero-order valence-corrected chi connectivity index (χ0v) is 22.5. The highest BCUT2D eigenvalue weighted by molar-refractivity contribution is 6.33. The molecule has 1 aliphatic heterocycles. The lowest BCUT2D eigenvalue weighted by Crippen LogP contribution is -2.44. The van der Waals surface area contributed by atoms with Gasteiger partial charge in [-0.3, -0.25) is 23.9 Å². The van der Waals surface area contributed by atoms with Crippen LogP contribution in [0.4, 0.5) is 14.5 Å². The quantitative estimate of drug-likeness (QED) is 0.314. The Morgan fingerprint density at radius 3 is 2.56 bits per heavy atom. The highest BCUT2D eigenvalue weighted by atomic mass is 35.5. The van der Waals surface area contributed by atoms with E-state index >= 15 is 4.39 Å². The molecule has 2 atom stereocenters. The molecular weight excluding hydrogens is 556 g/mol. The van der Waals surface area contributed by atoms with Gasteiger partial charge in [0.15, 0.2) is 17.3 Å². The van der Waals surface area contributed by atoms with E-state index in [1.165, 1.54) is 48.0 Å². The van der Waals surface area contributed by atoms with Gasteiger partial charge in [-0.1, -0.05) is 41.9 Å². The normalized spacial score (nSPS) is 16.6. The number of anilines is 1. The second kappa shape index (κ2) is 11.1. The molecule has 0 saturated carbocycles. The molecule has 2 unspecified atom stereocenters. The van der Waals surface area contributed by atoms with Gasteiger partial charge in [0.25, 0.3) is 5.91 Å². The number of amides is 3. The van der Waals surface area contributed by atoms with Crippen molar-refractivity contribution in [2.45, 2.75) is 32.1 Å². The van der Waals surface area contributed by atoms with Crippen LogP contribution in [-0.2, 0) is 16.1 Å². The Hall–Kier alpha value is -4.64. The van der Waals surface area contributed by atoms with Crippen molar-refractivity contribution in [3.8, 4) is 11.1 Å². The number of likely N-dealkylation sites (tertiary alicyclic amines) is 1. The van der Waals surface area contributed by atoms with Gasteiger partial charge in [0.1, 0.15) is 18.8 Å². The lowest BCUT2D eigenvalue weighted by atomic mass is 10.00. The van der Waals surface area contributed by atoms with Crippen LogP contribution in [0, 0.1) is 5.82 Å². The number of para-hydroxylation sites is 1. The number of rotatable bonds is 7. The number of ketones is 1. The van der Waals surface area contributed by atoms with Crippen LogP contribution in [0.15, 0.2) is 60.7 Å². The smallest absolute Gasteiger partial charge is 0.269 e. The van der Waals surface area contributed by atoms with Crippen molar-refractivity contribution in [2.75, 3.05) is 11.9 Å². The van der Waals surface area contributed by atoms with Gasteiger partial charge in [0.2, 0.25) is 11.8 Å². The SMILES string of the molecule is CC(=O)c1ccc(Cl)c(-c2cccc(NC(=O)C3CC(F)CN3C(=O)Cn3nc(C(N)=O)c4ccccc43)c2F)c1. The van der Waals surface area contributed by atoms with Crippen molar-refractivity contribution in [2.24, 2.45) is 5.73 Å². The summed E-state index contributed by atoms with van der Waals surface area (Å²) in [5, 5.41) is 7.28. The minimum absolute atomic E-state index is 0.0169. The Morgan fingerprint density at radius 2 is 1.83 bits per heavy atom. The van der Waals surface area contributed by atoms with Crippen LogP contribution < -0.4 is 11.1 Å². The summed E-state index contributed by atoms with van der Waals surface area (Å²) in [6.07, 6.45) is -1.76. The van der Waals surface area contributed by atoms with E-state index in [1.54, 1.807) is 24.3 Å². The van der Waals surface area contributed by atoms with Crippen LogP contribution in [0.3, 0.4) is 0 Å². The summed E-state index contributed by atoms with van der Waals surface area (Å²) >= 11 is 6.28. The molecule has 9 nitrogen and oxygen atoms in total. The Bertz CT molecular complexity index is 1720. The molecule has 1 aliphatic rings. The molecule has 3 aromatic carbocycles. The summed E-state index contributed by atoms with van der Waals surface area (Å²) in [6.45, 7) is 0.659. The van der Waals surface area contributed by atoms with Crippen molar-refractivity contribution >= 4 is 51.7 Å². The molecule has 0 spiro atoms. The number of benzene rings is 3. The third kappa shape index (κ3) is 5.40. The van der Waals surface area contributed by atoms with Gasteiger partial charge in [-0.05, 0) is 37.3 Å². The number of alkyl halides is 1. The number of fused-ring (bicyclic) bond motifs is 1. The second-order valence-corrected chi connectivity index (χ2v) is 10.1. The van der Waals surface area contributed by atoms with Crippen molar-refractivity contribution in [1.82, 2.24) is 14.7 Å². The first-order chi connectivity index (χ1) is 19.5. The lowest BCUT2D eigenvalue weighted by Gasteiger charge is -2.24. The minimum atomic E-state index is -1.48. The number of carbonyl (C=O) groups excluding carboxylic acids is 4. The summed E-state index contributed by atoms with van der Waals surface area (Å²) in [5.41, 5.74) is 6.32. The van der Waals surface area contributed by atoms with Gasteiger partial charge in [-0.15, -0.1) is 0 Å². The molecule has 0 radical (unpaired) electrons. The third-order valence-electron chi connectivity index (χ3n) is 6.97. The van der Waals surface area contributed by atoms with Crippen LogP contribution in [0.1, 0.15) is 34.2 Å². The van der Waals surface area contributed by atoms with Crippen LogP contribution in [-0.4, -0.2) is 56.9 Å². The lowest BCUT2D eigenvalue weighted by molar-refractivity contribution is -0.137. The number of aromatic nitrogens is 2. The molecule has 4 aromatic rings. The molecule has 0 aliphatic carbocycles. The van der Waals surface area contributed by atoms with E-state index in [9.17, 15) is 23.6 Å². The number of hydrogen-bond acceptors (Lipinski definition) is 5. The first-order valence-electron chi connectivity index (χ1n) is 12.6. The monoisotopic (exact) mass is 579 g/mol. The largest absolute Gasteiger partial charge is 0.364 e. The van der Waals surface area contributed by atoms with E-state index in [1.807, 2.05) is 0 Å². The number of primary amides is 1. The number of halogens is 3. The molecule has 5 rings (SSSR count). The molecule has 2 heterocycles. The Kier molecular flexibility index (Phi) is 7.55. The van der Waals surface area contributed by atoms with Gasteiger partial charge in [-0.2, -0.15) is 5.10 Å². The van der Waals surface area contributed by atoms with Crippen LogP contribution in [0.2, 0.25) is 5.02 Å². The fourth-order valence-corrected chi connectivity index (χ4v) is 5.18. The molecule has 41 heavy (non-hydrogen) atoms. The van der Waals surface area contributed by atoms with Crippen molar-refractivity contribution in [3.05, 3.63) is 82.8 Å². The molecular formula is C29H24ClF2N5O4. The predicted octanol–water partition coefficient (Wildman–Crippen LogP) is 4.38. The summed E-state index contributed by atoms with van der Waals surface area (Å²) in [7, 11) is 0. The fraction of sp³-hybridized carbons (Fsp3) is 0.207. The first kappa shape index (κ1) is 27.9. The second-order valence-electron chi connectivity index (χ2n) is 9.69. The zero-order chi connectivity index (χ0) is 29.4. The van der Waals surface area contributed by atoms with E-state index < -0.39 is 35.8 Å². The number of nitrogens with zero attached hydrogens (tertiary/aromatic N) is 3. The fourth-order valence-electron chi connectivity index (χ4n) is 4.96. The minimum Gasteiger partial charge on any atom is -0.364 e. The molecule has 1 saturated heterocycles. The maximum atomic E-state index is 15.6. The average molecular weight is 580 g/mol. The van der Waals surface area contributed by atoms with Crippen molar-refractivity contribution in [1.29, 1.82) is 0 Å². The molecule has 12 heteroatoms. The summed E-state index contributed by atoms with van der Waals surface area (Å²) in [5.74, 6) is -3.20. The Labute approximate surface area is 237 Å². The van der Waals surface area contributed by atoms with Gasteiger partial charge < -0.3 is 16.0 Å². The van der Waals surface area contributed by atoms with Gasteiger partial charge >= 0.3 is 0 Å². The first-order valence-corrected chi connectivity index (χ1v) is 13.0. The average Bonchev–Trinajstić information content (AvgIpc) is 3.51. The van der Waals surface area contributed by atoms with Gasteiger partial charge in [0, 0.05) is 33.5 Å². The number of Topliss-reactive ketones (excluding diaryl/α,β-unsaturated/α-hetero) is 1. The maximum absolute atomic E-state index is 15.6. The highest BCUT2D eigenvalue weighted by Gasteiger charge is 2.40. The number of carbonyl (C=O) groups is 4. The Balaban J connectivity index is 1.39. The van der Waals surface area contributed by atoms with E-state index in [4.69, 9.17) is 17.3 Å². The zero-order valence-electron chi connectivity index (χ0n) is 21.7. The van der Waals surface area contributed by atoms with Gasteiger partial charge in [0.05, 0.1) is 17.7 Å². The molecule has 0 bridgehead atoms. The van der Waals surface area contributed by atoms with E-state index in [-0.39, 0.29) is 52.8 Å². The van der Waals surface area contributed by atoms with Gasteiger partial charge in [-0.25, -0.2) is 8.78 Å². The summed E-state index contributed by atoms with van der Waals surface area (Å²) < 4.78 is 31.4. The van der Waals surface area contributed by atoms with Crippen molar-refractivity contribution in [3.63, 3.8) is 0 Å². The molecule has 3 amide bonds. The highest BCUT2D eigenvalue weighted by Crippen LogP contribution is 2.34. The molecule has 210 valence electrons. The Morgan fingerprint density at radius 1 is 1.07 bits per heavy atom. The number of nitrogens with two attached hydrogens (primary N) is 1. The third-order valence-corrected chi connectivity index (χ3v) is 7.30. The standard InChI is InChI=1S/C29H24ClF2N5O4/c1-15(38)16-9-10-21(30)20(11-16)18-6-4-7-22(26(18)32)34-29(41)24-12-17(31)13-36(24)25(39)14-37-23-8-3-2-5-19(23)27(35-37)28(33)40/h2-11,17,24H,12-14H2,1H3,(H2,33,40)(H,34,41). The van der Waals surface area contributed by atoms with E-state index in [0.29, 0.717) is 16.5 Å². The molecule has 1 fully saturated rings. The predicted molar refractivity (Wildman–Crippen MR) is 149 cm³/mol. The van der Waals surface area contributed by atoms with Crippen LogP contribution >= 0.6 is 11.6 Å². The number of nitrogens with one attached hydrogen (secondary N) is 1.